The highest BCUT2D eigenvalue weighted by molar-refractivity contribution is 5.76. The van der Waals surface area contributed by atoms with E-state index in [-0.39, 0.29) is 17.4 Å². The van der Waals surface area contributed by atoms with Crippen molar-refractivity contribution in [3.63, 3.8) is 0 Å². The van der Waals surface area contributed by atoms with Gasteiger partial charge in [0.15, 0.2) is 0 Å². The number of amides is 1. The molecule has 0 aromatic carbocycles. The second-order valence-corrected chi connectivity index (χ2v) is 6.32. The van der Waals surface area contributed by atoms with Crippen molar-refractivity contribution in [2.24, 2.45) is 5.41 Å². The first-order valence-corrected chi connectivity index (χ1v) is 7.02. The lowest BCUT2D eigenvalue weighted by molar-refractivity contribution is -0.137. The fourth-order valence-corrected chi connectivity index (χ4v) is 2.35. The maximum Gasteiger partial charge on any atom is 0.222 e. The number of carbonyl (C=O) groups is 1. The topological polar surface area (TPSA) is 52.6 Å². The van der Waals surface area contributed by atoms with E-state index in [4.69, 9.17) is 0 Å². The summed E-state index contributed by atoms with van der Waals surface area (Å²) < 4.78 is 0. The second kappa shape index (κ2) is 6.53. The minimum atomic E-state index is -0.288. The molecule has 0 aromatic heterocycles. The number of hydrogen-bond donors (Lipinski definition) is 2. The third-order valence-corrected chi connectivity index (χ3v) is 3.65. The maximum absolute atomic E-state index is 12.1. The summed E-state index contributed by atoms with van der Waals surface area (Å²) in [7, 11) is 0. The minimum Gasteiger partial charge on any atom is -0.392 e. The number of aliphatic hydroxyl groups excluding tert-OH is 1. The van der Waals surface area contributed by atoms with Crippen molar-refractivity contribution in [2.45, 2.75) is 59.1 Å². The van der Waals surface area contributed by atoms with Gasteiger partial charge in [0.25, 0.3) is 0 Å². The molecule has 18 heavy (non-hydrogen) atoms. The molecule has 2 N–H and O–H groups in total. The lowest BCUT2D eigenvalue weighted by atomic mass is 9.81. The Labute approximate surface area is 111 Å². The largest absolute Gasteiger partial charge is 0.392 e. The highest BCUT2D eigenvalue weighted by atomic mass is 16.3. The van der Waals surface area contributed by atoms with Crippen molar-refractivity contribution in [3.05, 3.63) is 0 Å². The number of carbonyl (C=O) groups excluding carboxylic acids is 1. The van der Waals surface area contributed by atoms with Crippen molar-refractivity contribution >= 4 is 5.91 Å². The molecule has 0 radical (unpaired) electrons. The Kier molecular flexibility index (Phi) is 5.60. The molecule has 4 heteroatoms. The van der Waals surface area contributed by atoms with E-state index in [0.717, 1.165) is 13.0 Å². The van der Waals surface area contributed by atoms with Crippen LogP contribution in [0, 0.1) is 5.41 Å². The minimum absolute atomic E-state index is 0.176. The van der Waals surface area contributed by atoms with Gasteiger partial charge in [0.05, 0.1) is 6.10 Å². The van der Waals surface area contributed by atoms with E-state index in [9.17, 15) is 9.90 Å². The highest BCUT2D eigenvalue weighted by Gasteiger charge is 2.35. The molecule has 0 aliphatic carbocycles. The lowest BCUT2D eigenvalue weighted by Gasteiger charge is -2.41. The monoisotopic (exact) mass is 256 g/mol. The van der Waals surface area contributed by atoms with Crippen molar-refractivity contribution in [2.75, 3.05) is 19.6 Å². The first kappa shape index (κ1) is 15.4. The summed E-state index contributed by atoms with van der Waals surface area (Å²) in [5.74, 6) is 0.223. The molecular formula is C14H28N2O2. The molecular weight excluding hydrogens is 228 g/mol. The molecule has 1 heterocycles. The van der Waals surface area contributed by atoms with Gasteiger partial charge in [0.2, 0.25) is 5.91 Å². The molecule has 1 saturated heterocycles. The van der Waals surface area contributed by atoms with E-state index >= 15 is 0 Å². The van der Waals surface area contributed by atoms with Crippen LogP contribution in [0.1, 0.15) is 47.0 Å². The van der Waals surface area contributed by atoms with Crippen LogP contribution >= 0.6 is 0 Å². The number of hydrogen-bond acceptors (Lipinski definition) is 3. The Morgan fingerprint density at radius 1 is 1.50 bits per heavy atom. The summed E-state index contributed by atoms with van der Waals surface area (Å²) in [6.45, 7) is 10.5. The summed E-state index contributed by atoms with van der Waals surface area (Å²) in [4.78, 5) is 14.0. The van der Waals surface area contributed by atoms with Crippen LogP contribution < -0.4 is 5.32 Å². The molecule has 0 bridgehead atoms. The predicted molar refractivity (Wildman–Crippen MR) is 73.4 cm³/mol. The van der Waals surface area contributed by atoms with E-state index in [0.29, 0.717) is 32.0 Å². The van der Waals surface area contributed by atoms with Gasteiger partial charge in [-0.15, -0.1) is 0 Å². The fraction of sp³-hybridized carbons (Fsp3) is 0.929. The molecule has 1 fully saturated rings. The molecule has 1 atom stereocenters. The van der Waals surface area contributed by atoms with E-state index < -0.39 is 0 Å². The Morgan fingerprint density at radius 2 is 2.17 bits per heavy atom. The molecule has 106 valence electrons. The maximum atomic E-state index is 12.1. The van der Waals surface area contributed by atoms with E-state index in [1.54, 1.807) is 0 Å². The van der Waals surface area contributed by atoms with Crippen molar-refractivity contribution in [1.29, 1.82) is 0 Å². The molecule has 1 rings (SSSR count). The summed E-state index contributed by atoms with van der Waals surface area (Å²) in [6.07, 6.45) is 1.90. The van der Waals surface area contributed by atoms with Gasteiger partial charge >= 0.3 is 0 Å². The van der Waals surface area contributed by atoms with Crippen LogP contribution in [0.2, 0.25) is 0 Å². The standard InChI is InChI=1S/C14H28N2O2/c1-11(2)15-8-5-6-13(18)16-9-7-12(17)14(3,4)10-16/h11-12,15,17H,5-10H2,1-4H3. The fourth-order valence-electron chi connectivity index (χ4n) is 2.35. The van der Waals surface area contributed by atoms with Gasteiger partial charge in [0.1, 0.15) is 0 Å². The molecule has 0 aromatic rings. The zero-order valence-corrected chi connectivity index (χ0v) is 12.2. The quantitative estimate of drug-likeness (QED) is 0.731. The normalized spacial score (nSPS) is 23.4. The second-order valence-electron chi connectivity index (χ2n) is 6.32. The molecule has 1 aliphatic heterocycles. The average molecular weight is 256 g/mol. The summed E-state index contributed by atoms with van der Waals surface area (Å²) in [6, 6.07) is 0.476. The van der Waals surface area contributed by atoms with Gasteiger partial charge in [-0.3, -0.25) is 4.79 Å². The van der Waals surface area contributed by atoms with E-state index in [1.807, 2.05) is 18.7 Å². The van der Waals surface area contributed by atoms with E-state index in [2.05, 4.69) is 19.2 Å². The van der Waals surface area contributed by atoms with Crippen LogP contribution in [0.4, 0.5) is 0 Å². The van der Waals surface area contributed by atoms with Gasteiger partial charge in [-0.05, 0) is 19.4 Å². The number of nitrogens with zero attached hydrogens (tertiary/aromatic N) is 1. The lowest BCUT2D eigenvalue weighted by Crippen LogP contribution is -2.50. The van der Waals surface area contributed by atoms with Crippen LogP contribution in [0.3, 0.4) is 0 Å². The van der Waals surface area contributed by atoms with Gasteiger partial charge in [0, 0.05) is 31.0 Å². The number of piperidine rings is 1. The van der Waals surface area contributed by atoms with Crippen LogP contribution in [0.5, 0.6) is 0 Å². The Morgan fingerprint density at radius 3 is 2.72 bits per heavy atom. The molecule has 1 aliphatic rings. The predicted octanol–water partition coefficient (Wildman–Crippen LogP) is 1.38. The Balaban J connectivity index is 2.30. The molecule has 0 saturated carbocycles. The van der Waals surface area contributed by atoms with Crippen molar-refractivity contribution in [1.82, 2.24) is 10.2 Å². The SMILES string of the molecule is CC(C)NCCCC(=O)N1CCC(O)C(C)(C)C1. The van der Waals surface area contributed by atoms with Crippen molar-refractivity contribution in [3.8, 4) is 0 Å². The zero-order chi connectivity index (χ0) is 13.8. The molecule has 1 unspecified atom stereocenters. The first-order valence-electron chi connectivity index (χ1n) is 7.02. The smallest absolute Gasteiger partial charge is 0.222 e. The first-order chi connectivity index (χ1) is 8.33. The molecule has 0 spiro atoms. The third-order valence-electron chi connectivity index (χ3n) is 3.65. The van der Waals surface area contributed by atoms with E-state index in [1.165, 1.54) is 0 Å². The number of nitrogens with one attached hydrogen (secondary N) is 1. The molecule has 4 nitrogen and oxygen atoms in total. The van der Waals surface area contributed by atoms with Crippen LogP contribution in [-0.4, -0.2) is 47.7 Å². The van der Waals surface area contributed by atoms with Gasteiger partial charge < -0.3 is 15.3 Å². The Bertz CT molecular complexity index is 277. The van der Waals surface area contributed by atoms with Crippen LogP contribution in [0.15, 0.2) is 0 Å². The van der Waals surface area contributed by atoms with Crippen molar-refractivity contribution < 1.29 is 9.90 Å². The number of rotatable bonds is 5. The van der Waals surface area contributed by atoms with Gasteiger partial charge in [-0.2, -0.15) is 0 Å². The van der Waals surface area contributed by atoms with Crippen LogP contribution in [0.25, 0.3) is 0 Å². The van der Waals surface area contributed by atoms with Gasteiger partial charge in [-0.1, -0.05) is 27.7 Å². The Hall–Kier alpha value is -0.610. The summed E-state index contributed by atoms with van der Waals surface area (Å²) in [5.41, 5.74) is -0.176. The van der Waals surface area contributed by atoms with Gasteiger partial charge in [-0.25, -0.2) is 0 Å². The zero-order valence-electron chi connectivity index (χ0n) is 12.2. The average Bonchev–Trinajstić information content (AvgIpc) is 2.27. The number of aliphatic hydroxyl groups is 1. The summed E-state index contributed by atoms with van der Waals surface area (Å²) in [5, 5.41) is 13.2. The third kappa shape index (κ3) is 4.58. The molecule has 1 amide bonds. The summed E-state index contributed by atoms with van der Waals surface area (Å²) >= 11 is 0. The van der Waals surface area contributed by atoms with Crippen LogP contribution in [-0.2, 0) is 4.79 Å². The highest BCUT2D eigenvalue weighted by Crippen LogP contribution is 2.29. The number of likely N-dealkylation sites (tertiary alicyclic amines) is 1.